The summed E-state index contributed by atoms with van der Waals surface area (Å²) in [7, 11) is 0. The molecule has 2 unspecified atom stereocenters. The number of hydrogen-bond donors (Lipinski definition) is 1. The maximum Gasteiger partial charge on any atom is 0.325 e. The lowest BCUT2D eigenvalue weighted by Gasteiger charge is -2.37. The molecular formula is C24H29ClFN3O3S. The predicted molar refractivity (Wildman–Crippen MR) is 130 cm³/mol. The summed E-state index contributed by atoms with van der Waals surface area (Å²) in [5, 5.41) is 0.0266. The van der Waals surface area contributed by atoms with Crippen LogP contribution in [0.5, 0.6) is 0 Å². The van der Waals surface area contributed by atoms with E-state index in [1.54, 1.807) is 42.2 Å². The van der Waals surface area contributed by atoms with Gasteiger partial charge in [-0.3, -0.25) is 14.5 Å². The van der Waals surface area contributed by atoms with Crippen LogP contribution in [0.4, 0.5) is 4.39 Å². The van der Waals surface area contributed by atoms with E-state index in [0.717, 1.165) is 24.8 Å². The molecule has 0 radical (unpaired) electrons. The number of piperidine rings is 1. The minimum Gasteiger partial charge on any atom is -0.465 e. The Bertz CT molecular complexity index is 1020. The Morgan fingerprint density at radius 2 is 2.06 bits per heavy atom. The van der Waals surface area contributed by atoms with Gasteiger partial charge >= 0.3 is 5.97 Å². The van der Waals surface area contributed by atoms with Crippen LogP contribution >= 0.6 is 25.0 Å². The number of ether oxygens (including phenoxy) is 1. The average molecular weight is 494 g/mol. The highest BCUT2D eigenvalue weighted by molar-refractivity contribution is 7.81. The minimum atomic E-state index is -0.589. The van der Waals surface area contributed by atoms with Gasteiger partial charge in [0.15, 0.2) is 5.78 Å². The number of hydrogen-bond acceptors (Lipinski definition) is 6. The van der Waals surface area contributed by atoms with Gasteiger partial charge in [-0.15, -0.1) is 12.4 Å². The molecule has 0 amide bonds. The number of ketones is 1. The second-order valence-electron chi connectivity index (χ2n) is 8.37. The van der Waals surface area contributed by atoms with E-state index in [0.29, 0.717) is 31.0 Å². The SMILES string of the molecule is CCOC(=O)Cn1cnc(/C=C2\CN(C(C(=O)C3CC3)c3ccccc3F)CCC2S)c1.Cl. The van der Waals surface area contributed by atoms with Gasteiger partial charge in [-0.05, 0) is 43.9 Å². The molecule has 1 aromatic carbocycles. The van der Waals surface area contributed by atoms with Crippen LogP contribution in [0.2, 0.25) is 0 Å². The normalized spacial score (nSPS) is 20.8. The van der Waals surface area contributed by atoms with Crippen LogP contribution < -0.4 is 0 Å². The molecule has 0 bridgehead atoms. The molecule has 6 nitrogen and oxygen atoms in total. The fraction of sp³-hybridized carbons (Fsp3) is 0.458. The third kappa shape index (κ3) is 6.25. The summed E-state index contributed by atoms with van der Waals surface area (Å²) in [6.07, 6.45) is 7.84. The lowest BCUT2D eigenvalue weighted by molar-refractivity contribution is -0.143. The molecule has 178 valence electrons. The Morgan fingerprint density at radius 3 is 2.76 bits per heavy atom. The highest BCUT2D eigenvalue weighted by Gasteiger charge is 2.40. The first kappa shape index (κ1) is 25.5. The number of halogens is 2. The van der Waals surface area contributed by atoms with Crippen molar-refractivity contribution in [2.24, 2.45) is 5.92 Å². The molecule has 0 spiro atoms. The van der Waals surface area contributed by atoms with Gasteiger partial charge in [-0.2, -0.15) is 12.6 Å². The summed E-state index contributed by atoms with van der Waals surface area (Å²) in [5.74, 6) is -0.529. The average Bonchev–Trinajstić information content (AvgIpc) is 3.53. The number of benzene rings is 1. The molecule has 2 atom stereocenters. The van der Waals surface area contributed by atoms with E-state index in [-0.39, 0.29) is 47.7 Å². The highest BCUT2D eigenvalue weighted by atomic mass is 35.5. The molecular weight excluding hydrogens is 465 g/mol. The Labute approximate surface area is 205 Å². The quantitative estimate of drug-likeness (QED) is 0.443. The molecule has 9 heteroatoms. The second-order valence-corrected chi connectivity index (χ2v) is 8.99. The van der Waals surface area contributed by atoms with Gasteiger partial charge in [0.25, 0.3) is 0 Å². The lowest BCUT2D eigenvalue weighted by atomic mass is 9.93. The number of nitrogens with zero attached hydrogens (tertiary/aromatic N) is 3. The molecule has 2 fully saturated rings. The Kier molecular flexibility index (Phi) is 8.73. The lowest BCUT2D eigenvalue weighted by Crippen LogP contribution is -2.42. The number of esters is 1. The number of likely N-dealkylation sites (tertiary alicyclic amines) is 1. The topological polar surface area (TPSA) is 64.4 Å². The van der Waals surface area contributed by atoms with Crippen LogP contribution in [-0.2, 0) is 20.9 Å². The zero-order valence-electron chi connectivity index (χ0n) is 18.5. The van der Waals surface area contributed by atoms with Gasteiger partial charge in [0.05, 0.1) is 24.7 Å². The summed E-state index contributed by atoms with van der Waals surface area (Å²) in [6.45, 7) is 3.39. The first-order chi connectivity index (χ1) is 15.5. The Balaban J connectivity index is 0.00000306. The molecule has 1 saturated heterocycles. The zero-order valence-corrected chi connectivity index (χ0v) is 20.2. The van der Waals surface area contributed by atoms with E-state index >= 15 is 0 Å². The highest BCUT2D eigenvalue weighted by Crippen LogP contribution is 2.39. The van der Waals surface area contributed by atoms with Crippen LogP contribution in [-0.4, -0.2) is 51.1 Å². The smallest absolute Gasteiger partial charge is 0.325 e. The number of rotatable bonds is 8. The number of imidazole rings is 1. The first-order valence-corrected chi connectivity index (χ1v) is 11.6. The maximum absolute atomic E-state index is 14.7. The van der Waals surface area contributed by atoms with E-state index in [9.17, 15) is 14.0 Å². The van der Waals surface area contributed by atoms with Crippen molar-refractivity contribution in [3.05, 3.63) is 59.4 Å². The summed E-state index contributed by atoms with van der Waals surface area (Å²) < 4.78 is 21.3. The molecule has 1 aliphatic heterocycles. The van der Waals surface area contributed by atoms with E-state index < -0.39 is 6.04 Å². The number of carbonyl (C=O) groups excluding carboxylic acids is 2. The van der Waals surface area contributed by atoms with E-state index in [4.69, 9.17) is 17.4 Å². The van der Waals surface area contributed by atoms with E-state index in [1.165, 1.54) is 6.07 Å². The Morgan fingerprint density at radius 1 is 1.30 bits per heavy atom. The monoisotopic (exact) mass is 493 g/mol. The number of aromatic nitrogens is 2. The molecule has 2 aromatic rings. The maximum atomic E-state index is 14.7. The van der Waals surface area contributed by atoms with Crippen molar-refractivity contribution >= 4 is 42.9 Å². The predicted octanol–water partition coefficient (Wildman–Crippen LogP) is 4.12. The van der Waals surface area contributed by atoms with Crippen molar-refractivity contribution in [2.75, 3.05) is 19.7 Å². The fourth-order valence-electron chi connectivity index (χ4n) is 4.16. The molecule has 2 heterocycles. The van der Waals surface area contributed by atoms with Gasteiger partial charge in [0.1, 0.15) is 12.4 Å². The summed E-state index contributed by atoms with van der Waals surface area (Å²) in [6, 6.07) is 5.97. The van der Waals surface area contributed by atoms with Gasteiger partial charge in [0, 0.05) is 36.0 Å². The Hall–Kier alpha value is -2.16. The van der Waals surface area contributed by atoms with Gasteiger partial charge in [-0.25, -0.2) is 9.37 Å². The summed E-state index contributed by atoms with van der Waals surface area (Å²) >= 11 is 4.74. The van der Waals surface area contributed by atoms with Crippen LogP contribution in [0.25, 0.3) is 6.08 Å². The van der Waals surface area contributed by atoms with Crippen molar-refractivity contribution in [2.45, 2.75) is 44.0 Å². The van der Waals surface area contributed by atoms with Gasteiger partial charge in [-0.1, -0.05) is 18.2 Å². The molecule has 1 aromatic heterocycles. The molecule has 33 heavy (non-hydrogen) atoms. The number of Topliss-reactive ketones (excluding diaryl/α,β-unsaturated/α-hetero) is 1. The van der Waals surface area contributed by atoms with E-state index in [2.05, 4.69) is 9.88 Å². The number of thiol groups is 1. The van der Waals surface area contributed by atoms with Crippen LogP contribution in [0.15, 0.2) is 42.4 Å². The van der Waals surface area contributed by atoms with Crippen molar-refractivity contribution < 1.29 is 18.7 Å². The van der Waals surface area contributed by atoms with Gasteiger partial charge in [0.2, 0.25) is 0 Å². The first-order valence-electron chi connectivity index (χ1n) is 11.0. The molecule has 1 aliphatic carbocycles. The van der Waals surface area contributed by atoms with E-state index in [1.807, 2.05) is 6.08 Å². The van der Waals surface area contributed by atoms with Crippen molar-refractivity contribution in [1.82, 2.24) is 14.5 Å². The molecule has 4 rings (SSSR count). The minimum absolute atomic E-state index is 0. The standard InChI is InChI=1S/C24H28FN3O3S.ClH/c1-2-31-22(29)14-27-13-18(26-15-27)11-17-12-28(10-9-21(17)32)23(24(30)16-7-8-16)19-5-3-4-6-20(19)25;/h3-6,11,13,15-16,21,23,32H,2,7-10,12,14H2,1H3;1H/b17-11+;. The molecule has 2 aliphatic rings. The molecule has 0 N–H and O–H groups in total. The zero-order chi connectivity index (χ0) is 22.7. The summed E-state index contributed by atoms with van der Waals surface area (Å²) in [5.41, 5.74) is 2.17. The van der Waals surface area contributed by atoms with Crippen LogP contribution in [0.3, 0.4) is 0 Å². The third-order valence-corrected chi connectivity index (χ3v) is 6.51. The van der Waals surface area contributed by atoms with Crippen molar-refractivity contribution in [1.29, 1.82) is 0 Å². The van der Waals surface area contributed by atoms with Crippen molar-refractivity contribution in [3.63, 3.8) is 0 Å². The van der Waals surface area contributed by atoms with Gasteiger partial charge < -0.3 is 9.30 Å². The van der Waals surface area contributed by atoms with Crippen molar-refractivity contribution in [3.8, 4) is 0 Å². The largest absolute Gasteiger partial charge is 0.465 e. The summed E-state index contributed by atoms with van der Waals surface area (Å²) in [4.78, 5) is 31.3. The van der Waals surface area contributed by atoms with Crippen LogP contribution in [0.1, 0.15) is 43.5 Å². The van der Waals surface area contributed by atoms with Crippen LogP contribution in [0, 0.1) is 11.7 Å². The third-order valence-electron chi connectivity index (χ3n) is 5.92. The second kappa shape index (κ2) is 11.3. The molecule has 1 saturated carbocycles. The number of carbonyl (C=O) groups is 2. The fourth-order valence-corrected chi connectivity index (χ4v) is 4.43.